The smallest absolute Gasteiger partial charge is 0.0626 e. The van der Waals surface area contributed by atoms with Crippen molar-refractivity contribution in [1.82, 2.24) is 5.32 Å². The van der Waals surface area contributed by atoms with Crippen LogP contribution in [0.15, 0.2) is 43.0 Å². The van der Waals surface area contributed by atoms with Crippen LogP contribution < -0.4 is 5.32 Å². The first-order valence-corrected chi connectivity index (χ1v) is 4.88. The number of hydrogen-bond donors (Lipinski definition) is 2. The molecule has 0 aliphatic heterocycles. The second-order valence-corrected chi connectivity index (χ2v) is 3.18. The molecule has 0 bridgehead atoms. The van der Waals surface area contributed by atoms with Crippen molar-refractivity contribution in [2.75, 3.05) is 13.2 Å². The lowest BCUT2D eigenvalue weighted by molar-refractivity contribution is 0.245. The third-order valence-electron chi connectivity index (χ3n) is 2.12. The summed E-state index contributed by atoms with van der Waals surface area (Å²) >= 11 is 0. The van der Waals surface area contributed by atoms with Gasteiger partial charge in [-0.25, -0.2) is 0 Å². The molecule has 0 heterocycles. The fourth-order valence-corrected chi connectivity index (χ4v) is 1.33. The molecule has 0 aliphatic carbocycles. The maximum Gasteiger partial charge on any atom is 0.0626 e. The average molecular weight is 191 g/mol. The van der Waals surface area contributed by atoms with Crippen LogP contribution in [-0.4, -0.2) is 18.3 Å². The van der Waals surface area contributed by atoms with Gasteiger partial charge in [0.15, 0.2) is 0 Å². The lowest BCUT2D eigenvalue weighted by Crippen LogP contribution is -2.25. The van der Waals surface area contributed by atoms with Gasteiger partial charge in [0, 0.05) is 0 Å². The van der Waals surface area contributed by atoms with Crippen molar-refractivity contribution in [2.24, 2.45) is 0 Å². The van der Waals surface area contributed by atoms with Gasteiger partial charge in [0.25, 0.3) is 0 Å². The molecule has 0 amide bonds. The predicted molar refractivity (Wildman–Crippen MR) is 59.1 cm³/mol. The van der Waals surface area contributed by atoms with E-state index < -0.39 is 0 Å². The summed E-state index contributed by atoms with van der Waals surface area (Å²) in [5, 5.41) is 12.5. The highest BCUT2D eigenvalue weighted by Gasteiger charge is 2.07. The molecule has 0 aromatic heterocycles. The third kappa shape index (κ3) is 3.32. The molecule has 0 saturated heterocycles. The van der Waals surface area contributed by atoms with Crippen LogP contribution in [0.2, 0.25) is 0 Å². The molecule has 76 valence electrons. The van der Waals surface area contributed by atoms with Gasteiger partial charge >= 0.3 is 0 Å². The molecule has 0 fully saturated rings. The van der Waals surface area contributed by atoms with Crippen molar-refractivity contribution in [3.63, 3.8) is 0 Å². The Hall–Kier alpha value is -1.12. The van der Waals surface area contributed by atoms with Gasteiger partial charge in [-0.3, -0.25) is 0 Å². The van der Waals surface area contributed by atoms with Crippen LogP contribution >= 0.6 is 0 Å². The SMILES string of the molecule is C=CCCNC(CO)c1ccccc1. The monoisotopic (exact) mass is 191 g/mol. The topological polar surface area (TPSA) is 32.3 Å². The van der Waals surface area contributed by atoms with Gasteiger partial charge in [0.1, 0.15) is 0 Å². The van der Waals surface area contributed by atoms with E-state index >= 15 is 0 Å². The minimum atomic E-state index is 0.0381. The highest BCUT2D eigenvalue weighted by Crippen LogP contribution is 2.10. The first-order chi connectivity index (χ1) is 6.88. The third-order valence-corrected chi connectivity index (χ3v) is 2.12. The molecule has 1 aromatic rings. The zero-order valence-corrected chi connectivity index (χ0v) is 8.32. The van der Waals surface area contributed by atoms with Crippen LogP contribution in [0.4, 0.5) is 0 Å². The Kier molecular flexibility index (Phi) is 4.97. The van der Waals surface area contributed by atoms with Crippen LogP contribution in [0.5, 0.6) is 0 Å². The minimum absolute atomic E-state index is 0.0381. The first-order valence-electron chi connectivity index (χ1n) is 4.88. The number of hydrogen-bond acceptors (Lipinski definition) is 2. The lowest BCUT2D eigenvalue weighted by atomic mass is 10.1. The van der Waals surface area contributed by atoms with Crippen molar-refractivity contribution in [2.45, 2.75) is 12.5 Å². The van der Waals surface area contributed by atoms with Crippen molar-refractivity contribution in [1.29, 1.82) is 0 Å². The highest BCUT2D eigenvalue weighted by molar-refractivity contribution is 5.18. The molecule has 1 unspecified atom stereocenters. The number of aliphatic hydroxyl groups excluding tert-OH is 1. The number of benzene rings is 1. The van der Waals surface area contributed by atoms with Gasteiger partial charge < -0.3 is 10.4 Å². The van der Waals surface area contributed by atoms with Crippen molar-refractivity contribution >= 4 is 0 Å². The lowest BCUT2D eigenvalue weighted by Gasteiger charge is -2.15. The summed E-state index contributed by atoms with van der Waals surface area (Å²) in [5.74, 6) is 0. The Bertz CT molecular complexity index is 258. The molecule has 1 aromatic carbocycles. The first kappa shape index (κ1) is 11.0. The van der Waals surface area contributed by atoms with E-state index in [9.17, 15) is 5.11 Å². The largest absolute Gasteiger partial charge is 0.394 e. The molecule has 2 heteroatoms. The normalized spacial score (nSPS) is 12.4. The van der Waals surface area contributed by atoms with E-state index in [4.69, 9.17) is 0 Å². The molecule has 0 spiro atoms. The number of rotatable bonds is 6. The Morgan fingerprint density at radius 1 is 1.36 bits per heavy atom. The molecule has 0 aliphatic rings. The highest BCUT2D eigenvalue weighted by atomic mass is 16.3. The second-order valence-electron chi connectivity index (χ2n) is 3.18. The molecule has 1 atom stereocenters. The van der Waals surface area contributed by atoms with Crippen LogP contribution in [0.1, 0.15) is 18.0 Å². The van der Waals surface area contributed by atoms with Gasteiger partial charge in [-0.2, -0.15) is 0 Å². The van der Waals surface area contributed by atoms with Gasteiger partial charge in [0.05, 0.1) is 12.6 Å². The summed E-state index contributed by atoms with van der Waals surface area (Å²) in [7, 11) is 0. The Morgan fingerprint density at radius 3 is 2.64 bits per heavy atom. The van der Waals surface area contributed by atoms with E-state index in [-0.39, 0.29) is 12.6 Å². The van der Waals surface area contributed by atoms with E-state index in [2.05, 4.69) is 11.9 Å². The number of nitrogens with one attached hydrogen (secondary N) is 1. The summed E-state index contributed by atoms with van der Waals surface area (Å²) < 4.78 is 0. The van der Waals surface area contributed by atoms with E-state index in [1.807, 2.05) is 36.4 Å². The summed E-state index contributed by atoms with van der Waals surface area (Å²) in [6.45, 7) is 4.63. The van der Waals surface area contributed by atoms with Crippen molar-refractivity contribution in [3.8, 4) is 0 Å². The van der Waals surface area contributed by atoms with Gasteiger partial charge in [-0.05, 0) is 18.5 Å². The second kappa shape index (κ2) is 6.35. The molecule has 2 N–H and O–H groups in total. The fraction of sp³-hybridized carbons (Fsp3) is 0.333. The fourth-order valence-electron chi connectivity index (χ4n) is 1.33. The summed E-state index contributed by atoms with van der Waals surface area (Å²) in [5.41, 5.74) is 1.12. The maximum atomic E-state index is 9.19. The molecular weight excluding hydrogens is 174 g/mol. The van der Waals surface area contributed by atoms with E-state index in [1.54, 1.807) is 0 Å². The van der Waals surface area contributed by atoms with Gasteiger partial charge in [-0.15, -0.1) is 6.58 Å². The van der Waals surface area contributed by atoms with E-state index in [0.717, 1.165) is 18.5 Å². The molecule has 0 radical (unpaired) electrons. The van der Waals surface area contributed by atoms with Crippen LogP contribution in [0, 0.1) is 0 Å². The molecule has 14 heavy (non-hydrogen) atoms. The minimum Gasteiger partial charge on any atom is -0.394 e. The van der Waals surface area contributed by atoms with Gasteiger partial charge in [-0.1, -0.05) is 36.4 Å². The van der Waals surface area contributed by atoms with Crippen molar-refractivity contribution in [3.05, 3.63) is 48.6 Å². The Balaban J connectivity index is 2.50. The van der Waals surface area contributed by atoms with Crippen molar-refractivity contribution < 1.29 is 5.11 Å². The Morgan fingerprint density at radius 2 is 2.07 bits per heavy atom. The van der Waals surface area contributed by atoms with Gasteiger partial charge in [0.2, 0.25) is 0 Å². The standard InChI is InChI=1S/C12H17NO/c1-2-3-9-13-12(10-14)11-7-5-4-6-8-11/h2,4-8,12-14H,1,3,9-10H2. The molecule has 1 rings (SSSR count). The molecule has 2 nitrogen and oxygen atoms in total. The van der Waals surface area contributed by atoms with E-state index in [1.165, 1.54) is 0 Å². The van der Waals surface area contributed by atoms with Crippen LogP contribution in [-0.2, 0) is 0 Å². The maximum absolute atomic E-state index is 9.19. The molecule has 0 saturated carbocycles. The van der Waals surface area contributed by atoms with E-state index in [0.29, 0.717) is 0 Å². The summed E-state index contributed by atoms with van der Waals surface area (Å²) in [6.07, 6.45) is 2.79. The number of aliphatic hydroxyl groups is 1. The zero-order valence-electron chi connectivity index (χ0n) is 8.32. The van der Waals surface area contributed by atoms with Crippen LogP contribution in [0.3, 0.4) is 0 Å². The zero-order chi connectivity index (χ0) is 10.2. The quantitative estimate of drug-likeness (QED) is 0.531. The molecular formula is C12H17NO. The summed E-state index contributed by atoms with van der Waals surface area (Å²) in [6, 6.07) is 10.0. The Labute approximate surface area is 85.3 Å². The average Bonchev–Trinajstić information content (AvgIpc) is 2.26. The summed E-state index contributed by atoms with van der Waals surface area (Å²) in [4.78, 5) is 0. The van der Waals surface area contributed by atoms with Crippen LogP contribution in [0.25, 0.3) is 0 Å². The predicted octanol–water partition coefficient (Wildman–Crippen LogP) is 1.89.